The zero-order valence-electron chi connectivity index (χ0n) is 15.4. The van der Waals surface area contributed by atoms with Gasteiger partial charge < -0.3 is 19.9 Å². The van der Waals surface area contributed by atoms with Crippen molar-refractivity contribution in [3.05, 3.63) is 17.5 Å². The van der Waals surface area contributed by atoms with E-state index in [1.165, 1.54) is 0 Å². The fraction of sp³-hybridized carbons (Fsp3) is 0.765. The Kier molecular flexibility index (Phi) is 8.09. The van der Waals surface area contributed by atoms with Gasteiger partial charge in [-0.05, 0) is 33.6 Å². The maximum atomic E-state index is 5.41. The van der Waals surface area contributed by atoms with Crippen LogP contribution in [-0.2, 0) is 11.3 Å². The summed E-state index contributed by atoms with van der Waals surface area (Å²) >= 11 is 0. The Hall–Kier alpha value is -1.56. The smallest absolute Gasteiger partial charge is 0.191 e. The van der Waals surface area contributed by atoms with Gasteiger partial charge >= 0.3 is 0 Å². The van der Waals surface area contributed by atoms with Crippen LogP contribution in [0, 0.1) is 0 Å². The molecular weight excluding hydrogens is 292 g/mol. The normalized spacial score (nSPS) is 12.7. The zero-order chi connectivity index (χ0) is 17.3. The van der Waals surface area contributed by atoms with Crippen molar-refractivity contribution in [1.29, 1.82) is 0 Å². The van der Waals surface area contributed by atoms with E-state index in [0.717, 1.165) is 36.8 Å². The molecule has 0 aliphatic carbocycles. The fourth-order valence-corrected chi connectivity index (χ4v) is 2.17. The molecule has 1 rings (SSSR count). The molecule has 1 heterocycles. The minimum absolute atomic E-state index is 0.245. The average molecular weight is 324 g/mol. The van der Waals surface area contributed by atoms with Crippen LogP contribution in [0.1, 0.15) is 64.8 Å². The van der Waals surface area contributed by atoms with Gasteiger partial charge in [-0.3, -0.25) is 0 Å². The number of guanidine groups is 1. The van der Waals surface area contributed by atoms with Crippen molar-refractivity contribution in [2.45, 2.75) is 65.5 Å². The zero-order valence-corrected chi connectivity index (χ0v) is 15.4. The highest BCUT2D eigenvalue weighted by molar-refractivity contribution is 5.79. The van der Waals surface area contributed by atoms with Crippen LogP contribution in [0.25, 0.3) is 0 Å². The number of aromatic nitrogens is 1. The lowest BCUT2D eigenvalue weighted by molar-refractivity contribution is 0.0268. The quantitative estimate of drug-likeness (QED) is 0.539. The van der Waals surface area contributed by atoms with Crippen molar-refractivity contribution in [2.75, 3.05) is 20.2 Å². The molecule has 0 aromatic carbocycles. The van der Waals surface area contributed by atoms with Gasteiger partial charge in [0.2, 0.25) is 0 Å². The minimum Gasteiger partial charge on any atom is -0.377 e. The van der Waals surface area contributed by atoms with E-state index in [-0.39, 0.29) is 5.60 Å². The Balaban J connectivity index is 2.66. The van der Waals surface area contributed by atoms with Crippen molar-refractivity contribution in [2.24, 2.45) is 4.99 Å². The Morgan fingerprint density at radius 2 is 2.00 bits per heavy atom. The van der Waals surface area contributed by atoms with Crippen LogP contribution in [0.3, 0.4) is 0 Å². The predicted octanol–water partition coefficient (Wildman–Crippen LogP) is 3.06. The summed E-state index contributed by atoms with van der Waals surface area (Å²) < 4.78 is 10.8. The minimum atomic E-state index is -0.245. The molecule has 6 nitrogen and oxygen atoms in total. The molecule has 132 valence electrons. The molecule has 0 aliphatic heterocycles. The largest absolute Gasteiger partial charge is 0.377 e. The van der Waals surface area contributed by atoms with Crippen LogP contribution in [0.4, 0.5) is 0 Å². The standard InChI is InChI=1S/C17H32N4O2/c1-7-13(8-2)15-10-14(23-21-15)11-19-16(18-9-3)20-12-17(4,5)22-6/h10,13H,7-9,11-12H2,1-6H3,(H2,18,19,20). The van der Waals surface area contributed by atoms with Crippen molar-refractivity contribution in [1.82, 2.24) is 15.8 Å². The summed E-state index contributed by atoms with van der Waals surface area (Å²) in [5, 5.41) is 10.7. The molecule has 23 heavy (non-hydrogen) atoms. The van der Waals surface area contributed by atoms with Gasteiger partial charge in [-0.25, -0.2) is 4.99 Å². The van der Waals surface area contributed by atoms with Crippen LogP contribution in [0.15, 0.2) is 15.6 Å². The number of aliphatic imine (C=N–C) groups is 1. The second kappa shape index (κ2) is 9.55. The van der Waals surface area contributed by atoms with Crippen LogP contribution in [-0.4, -0.2) is 36.9 Å². The van der Waals surface area contributed by atoms with Gasteiger partial charge in [-0.15, -0.1) is 0 Å². The highest BCUT2D eigenvalue weighted by atomic mass is 16.5. The molecule has 0 unspecified atom stereocenters. The van der Waals surface area contributed by atoms with Crippen LogP contribution in [0.2, 0.25) is 0 Å². The third kappa shape index (κ3) is 6.60. The predicted molar refractivity (Wildman–Crippen MR) is 93.7 cm³/mol. The summed E-state index contributed by atoms with van der Waals surface area (Å²) in [6.45, 7) is 12.4. The van der Waals surface area contributed by atoms with Gasteiger partial charge in [-0.1, -0.05) is 19.0 Å². The summed E-state index contributed by atoms with van der Waals surface area (Å²) in [4.78, 5) is 4.55. The maximum absolute atomic E-state index is 5.41. The first-order valence-electron chi connectivity index (χ1n) is 8.48. The number of nitrogens with one attached hydrogen (secondary N) is 2. The summed E-state index contributed by atoms with van der Waals surface area (Å²) in [6, 6.07) is 2.02. The molecule has 0 fully saturated rings. The van der Waals surface area contributed by atoms with E-state index in [0.29, 0.717) is 19.0 Å². The van der Waals surface area contributed by atoms with Crippen molar-refractivity contribution >= 4 is 5.96 Å². The summed E-state index contributed by atoms with van der Waals surface area (Å²) in [7, 11) is 1.71. The van der Waals surface area contributed by atoms with Crippen LogP contribution >= 0.6 is 0 Å². The molecule has 1 aromatic rings. The molecule has 0 saturated carbocycles. The molecule has 0 bridgehead atoms. The number of ether oxygens (including phenoxy) is 1. The Bertz CT molecular complexity index is 479. The van der Waals surface area contributed by atoms with E-state index in [2.05, 4.69) is 34.6 Å². The fourth-order valence-electron chi connectivity index (χ4n) is 2.17. The molecule has 0 atom stereocenters. The summed E-state index contributed by atoms with van der Waals surface area (Å²) in [5.74, 6) is 2.00. The number of nitrogens with zero attached hydrogens (tertiary/aromatic N) is 2. The third-order valence-electron chi connectivity index (χ3n) is 3.95. The van der Waals surface area contributed by atoms with Crippen molar-refractivity contribution in [3.63, 3.8) is 0 Å². The SMILES string of the molecule is CCNC(=NCc1cc(C(CC)CC)no1)NCC(C)(C)OC. The van der Waals surface area contributed by atoms with Crippen LogP contribution in [0.5, 0.6) is 0 Å². The number of methoxy groups -OCH3 is 1. The van der Waals surface area contributed by atoms with E-state index >= 15 is 0 Å². The van der Waals surface area contributed by atoms with E-state index in [4.69, 9.17) is 9.26 Å². The molecule has 6 heteroatoms. The monoisotopic (exact) mass is 324 g/mol. The Morgan fingerprint density at radius 1 is 1.30 bits per heavy atom. The van der Waals surface area contributed by atoms with Gasteiger partial charge in [0.15, 0.2) is 11.7 Å². The van der Waals surface area contributed by atoms with Gasteiger partial charge in [-0.2, -0.15) is 0 Å². The number of rotatable bonds is 9. The Labute approximate surface area is 140 Å². The van der Waals surface area contributed by atoms with E-state index < -0.39 is 0 Å². The molecule has 0 aliphatic rings. The second-order valence-electron chi connectivity index (χ2n) is 6.24. The van der Waals surface area contributed by atoms with Crippen molar-refractivity contribution < 1.29 is 9.26 Å². The lowest BCUT2D eigenvalue weighted by Gasteiger charge is -2.24. The third-order valence-corrected chi connectivity index (χ3v) is 3.95. The summed E-state index contributed by atoms with van der Waals surface area (Å²) in [5.41, 5.74) is 0.782. The van der Waals surface area contributed by atoms with Crippen LogP contribution < -0.4 is 10.6 Å². The van der Waals surface area contributed by atoms with E-state index in [1.807, 2.05) is 26.8 Å². The number of hydrogen-bond donors (Lipinski definition) is 2. The van der Waals surface area contributed by atoms with Gasteiger partial charge in [0.05, 0.1) is 11.3 Å². The maximum Gasteiger partial charge on any atom is 0.191 e. The van der Waals surface area contributed by atoms with Gasteiger partial charge in [0.25, 0.3) is 0 Å². The molecule has 1 aromatic heterocycles. The van der Waals surface area contributed by atoms with E-state index in [1.54, 1.807) is 7.11 Å². The molecule has 0 radical (unpaired) electrons. The first-order valence-corrected chi connectivity index (χ1v) is 8.48. The molecule has 0 amide bonds. The Morgan fingerprint density at radius 3 is 2.57 bits per heavy atom. The first-order chi connectivity index (χ1) is 11.0. The van der Waals surface area contributed by atoms with Crippen molar-refractivity contribution in [3.8, 4) is 0 Å². The number of hydrogen-bond acceptors (Lipinski definition) is 4. The highest BCUT2D eigenvalue weighted by Gasteiger charge is 2.17. The lowest BCUT2D eigenvalue weighted by atomic mass is 9.99. The second-order valence-corrected chi connectivity index (χ2v) is 6.24. The lowest BCUT2D eigenvalue weighted by Crippen LogP contribution is -2.45. The molecule has 0 saturated heterocycles. The molecule has 2 N–H and O–H groups in total. The van der Waals surface area contributed by atoms with E-state index in [9.17, 15) is 0 Å². The van der Waals surface area contributed by atoms with Gasteiger partial charge in [0, 0.05) is 32.2 Å². The first kappa shape index (κ1) is 19.5. The molecule has 0 spiro atoms. The average Bonchev–Trinajstić information content (AvgIpc) is 3.00. The highest BCUT2D eigenvalue weighted by Crippen LogP contribution is 2.22. The molecular formula is C17H32N4O2. The summed E-state index contributed by atoms with van der Waals surface area (Å²) in [6.07, 6.45) is 2.14. The van der Waals surface area contributed by atoms with Gasteiger partial charge in [0.1, 0.15) is 6.54 Å². The topological polar surface area (TPSA) is 71.7 Å².